The highest BCUT2D eigenvalue weighted by atomic mass is 16.3. The molecule has 0 radical (unpaired) electrons. The monoisotopic (exact) mass is 201 g/mol. The molecule has 78 valence electrons. The van der Waals surface area contributed by atoms with E-state index < -0.39 is 0 Å². The Kier molecular flexibility index (Phi) is 2.22. The third kappa shape index (κ3) is 1.77. The van der Waals surface area contributed by atoms with Crippen molar-refractivity contribution in [1.82, 2.24) is 4.90 Å². The van der Waals surface area contributed by atoms with Gasteiger partial charge < -0.3 is 4.42 Å². The summed E-state index contributed by atoms with van der Waals surface area (Å²) < 4.78 is 5.79. The number of para-hydroxylation sites is 1. The molecule has 2 aromatic rings. The van der Waals surface area contributed by atoms with Gasteiger partial charge in [0.05, 0.1) is 6.54 Å². The van der Waals surface area contributed by atoms with Crippen LogP contribution in [-0.4, -0.2) is 18.0 Å². The number of furan rings is 1. The Balaban J connectivity index is 1.84. The van der Waals surface area contributed by atoms with Crippen LogP contribution in [0.3, 0.4) is 0 Å². The van der Waals surface area contributed by atoms with Gasteiger partial charge in [0.25, 0.3) is 0 Å². The standard InChI is InChI=1S/C13H15NO/c1-2-6-13-11(5-1)9-12(15-13)10-14-7-3-4-8-14/h1-2,5-6,9H,3-4,7-8,10H2. The van der Waals surface area contributed by atoms with Crippen molar-refractivity contribution in [3.8, 4) is 0 Å². The molecule has 0 aliphatic carbocycles. The molecule has 1 aliphatic heterocycles. The molecule has 0 atom stereocenters. The second-order valence-corrected chi connectivity index (χ2v) is 4.23. The maximum atomic E-state index is 5.79. The molecular formula is C13H15NO. The quantitative estimate of drug-likeness (QED) is 0.742. The molecule has 1 aromatic carbocycles. The van der Waals surface area contributed by atoms with Crippen LogP contribution in [0.25, 0.3) is 11.0 Å². The second-order valence-electron chi connectivity index (χ2n) is 4.23. The SMILES string of the molecule is c1ccc2oc(CN3CCCC3)cc2c1. The normalized spacial score (nSPS) is 17.6. The van der Waals surface area contributed by atoms with Gasteiger partial charge in [0.15, 0.2) is 0 Å². The van der Waals surface area contributed by atoms with Gasteiger partial charge in [-0.15, -0.1) is 0 Å². The van der Waals surface area contributed by atoms with E-state index in [-0.39, 0.29) is 0 Å². The van der Waals surface area contributed by atoms with Gasteiger partial charge in [-0.3, -0.25) is 4.90 Å². The summed E-state index contributed by atoms with van der Waals surface area (Å²) in [5.74, 6) is 1.10. The summed E-state index contributed by atoms with van der Waals surface area (Å²) in [6.45, 7) is 3.41. The molecular weight excluding hydrogens is 186 g/mol. The number of hydrogen-bond acceptors (Lipinski definition) is 2. The number of benzene rings is 1. The summed E-state index contributed by atoms with van der Waals surface area (Å²) in [6, 6.07) is 10.4. The minimum atomic E-state index is 0.967. The minimum Gasteiger partial charge on any atom is -0.460 e. The lowest BCUT2D eigenvalue weighted by Crippen LogP contribution is -2.17. The van der Waals surface area contributed by atoms with Gasteiger partial charge in [0, 0.05) is 5.39 Å². The Morgan fingerprint density at radius 1 is 1.13 bits per heavy atom. The maximum Gasteiger partial charge on any atom is 0.134 e. The van der Waals surface area contributed by atoms with Crippen LogP contribution in [0.2, 0.25) is 0 Å². The molecule has 0 spiro atoms. The number of likely N-dealkylation sites (tertiary alicyclic amines) is 1. The van der Waals surface area contributed by atoms with Crippen molar-refractivity contribution in [3.05, 3.63) is 36.1 Å². The fraction of sp³-hybridized carbons (Fsp3) is 0.385. The average Bonchev–Trinajstić information content (AvgIpc) is 2.86. The van der Waals surface area contributed by atoms with Crippen molar-refractivity contribution in [2.45, 2.75) is 19.4 Å². The molecule has 1 saturated heterocycles. The summed E-state index contributed by atoms with van der Waals surface area (Å²) in [6.07, 6.45) is 2.67. The van der Waals surface area contributed by atoms with Crippen molar-refractivity contribution >= 4 is 11.0 Å². The van der Waals surface area contributed by atoms with E-state index in [1.807, 2.05) is 12.1 Å². The van der Waals surface area contributed by atoms with Crippen molar-refractivity contribution in [3.63, 3.8) is 0 Å². The number of hydrogen-bond donors (Lipinski definition) is 0. The summed E-state index contributed by atoms with van der Waals surface area (Å²) in [4.78, 5) is 2.46. The van der Waals surface area contributed by atoms with Crippen LogP contribution in [0.15, 0.2) is 34.7 Å². The van der Waals surface area contributed by atoms with Crippen molar-refractivity contribution in [2.75, 3.05) is 13.1 Å². The van der Waals surface area contributed by atoms with Gasteiger partial charge in [0.1, 0.15) is 11.3 Å². The van der Waals surface area contributed by atoms with Gasteiger partial charge in [-0.05, 0) is 38.1 Å². The molecule has 0 unspecified atom stereocenters. The van der Waals surface area contributed by atoms with Gasteiger partial charge >= 0.3 is 0 Å². The molecule has 1 fully saturated rings. The highest BCUT2D eigenvalue weighted by molar-refractivity contribution is 5.77. The van der Waals surface area contributed by atoms with Crippen LogP contribution in [-0.2, 0) is 6.54 Å². The molecule has 2 heteroatoms. The molecule has 2 heterocycles. The number of fused-ring (bicyclic) bond motifs is 1. The van der Waals surface area contributed by atoms with Crippen LogP contribution in [0.1, 0.15) is 18.6 Å². The van der Waals surface area contributed by atoms with E-state index in [0.29, 0.717) is 0 Å². The smallest absolute Gasteiger partial charge is 0.134 e. The van der Waals surface area contributed by atoms with Crippen LogP contribution in [0, 0.1) is 0 Å². The van der Waals surface area contributed by atoms with Crippen molar-refractivity contribution in [2.24, 2.45) is 0 Å². The Labute approximate surface area is 89.5 Å². The lowest BCUT2D eigenvalue weighted by Gasteiger charge is -2.11. The molecule has 3 rings (SSSR count). The van der Waals surface area contributed by atoms with Gasteiger partial charge in [-0.2, -0.15) is 0 Å². The highest BCUT2D eigenvalue weighted by Crippen LogP contribution is 2.21. The first-order chi connectivity index (χ1) is 7.42. The maximum absolute atomic E-state index is 5.79. The molecule has 1 aromatic heterocycles. The topological polar surface area (TPSA) is 16.4 Å². The zero-order valence-electron chi connectivity index (χ0n) is 8.78. The third-order valence-electron chi connectivity index (χ3n) is 3.05. The average molecular weight is 201 g/mol. The molecule has 1 aliphatic rings. The van der Waals surface area contributed by atoms with Crippen molar-refractivity contribution < 1.29 is 4.42 Å². The minimum absolute atomic E-state index is 0.967. The zero-order chi connectivity index (χ0) is 10.1. The van der Waals surface area contributed by atoms with E-state index in [1.165, 1.54) is 31.3 Å². The Hall–Kier alpha value is -1.28. The van der Waals surface area contributed by atoms with Gasteiger partial charge in [-0.25, -0.2) is 0 Å². The Bertz CT molecular complexity index is 421. The summed E-state index contributed by atoms with van der Waals surface area (Å²) in [5, 5.41) is 1.21. The van der Waals surface area contributed by atoms with Crippen LogP contribution < -0.4 is 0 Å². The Morgan fingerprint density at radius 3 is 2.73 bits per heavy atom. The molecule has 0 saturated carbocycles. The van der Waals surface area contributed by atoms with Gasteiger partial charge in [-0.1, -0.05) is 18.2 Å². The molecule has 15 heavy (non-hydrogen) atoms. The summed E-state index contributed by atoms with van der Waals surface area (Å²) in [7, 11) is 0. The second kappa shape index (κ2) is 3.70. The highest BCUT2D eigenvalue weighted by Gasteiger charge is 2.13. The first kappa shape index (κ1) is 8.98. The summed E-state index contributed by atoms with van der Waals surface area (Å²) >= 11 is 0. The summed E-state index contributed by atoms with van der Waals surface area (Å²) in [5.41, 5.74) is 1.01. The lowest BCUT2D eigenvalue weighted by molar-refractivity contribution is 0.302. The fourth-order valence-electron chi connectivity index (χ4n) is 2.28. The van der Waals surface area contributed by atoms with E-state index in [4.69, 9.17) is 4.42 Å². The van der Waals surface area contributed by atoms with Crippen molar-refractivity contribution in [1.29, 1.82) is 0 Å². The molecule has 0 amide bonds. The van der Waals surface area contributed by atoms with E-state index in [9.17, 15) is 0 Å². The molecule has 0 N–H and O–H groups in total. The van der Waals surface area contributed by atoms with Crippen LogP contribution in [0.5, 0.6) is 0 Å². The molecule has 0 bridgehead atoms. The van der Waals surface area contributed by atoms with E-state index >= 15 is 0 Å². The predicted molar refractivity (Wildman–Crippen MR) is 60.7 cm³/mol. The van der Waals surface area contributed by atoms with E-state index in [1.54, 1.807) is 0 Å². The number of nitrogens with zero attached hydrogens (tertiary/aromatic N) is 1. The van der Waals surface area contributed by atoms with Crippen LogP contribution in [0.4, 0.5) is 0 Å². The number of rotatable bonds is 2. The molecule has 2 nitrogen and oxygen atoms in total. The predicted octanol–water partition coefficient (Wildman–Crippen LogP) is 3.03. The Morgan fingerprint density at radius 2 is 1.93 bits per heavy atom. The van der Waals surface area contributed by atoms with E-state index in [2.05, 4.69) is 23.1 Å². The largest absolute Gasteiger partial charge is 0.460 e. The van der Waals surface area contributed by atoms with Crippen LogP contribution >= 0.6 is 0 Å². The van der Waals surface area contributed by atoms with E-state index in [0.717, 1.165) is 17.9 Å². The lowest BCUT2D eigenvalue weighted by atomic mass is 10.2. The third-order valence-corrected chi connectivity index (χ3v) is 3.05. The first-order valence-electron chi connectivity index (χ1n) is 5.62. The van der Waals surface area contributed by atoms with Gasteiger partial charge in [0.2, 0.25) is 0 Å². The zero-order valence-corrected chi connectivity index (χ0v) is 8.78. The fourth-order valence-corrected chi connectivity index (χ4v) is 2.28. The first-order valence-corrected chi connectivity index (χ1v) is 5.62.